The van der Waals surface area contributed by atoms with Gasteiger partial charge in [0.2, 0.25) is 11.8 Å². The summed E-state index contributed by atoms with van der Waals surface area (Å²) in [6, 6.07) is 29.1. The summed E-state index contributed by atoms with van der Waals surface area (Å²) in [4.78, 5) is 30.7. The first-order chi connectivity index (χ1) is 16.1. The second kappa shape index (κ2) is 10.9. The number of hydrogen-bond acceptors (Lipinski definition) is 3. The maximum atomic E-state index is 13.7. The quantitative estimate of drug-likeness (QED) is 0.584. The van der Waals surface area contributed by atoms with Crippen LogP contribution >= 0.6 is 0 Å². The topological polar surface area (TPSA) is 52.7 Å². The third-order valence-corrected chi connectivity index (χ3v) is 6.18. The van der Waals surface area contributed by atoms with Gasteiger partial charge in [-0.2, -0.15) is 0 Å². The molecule has 0 spiro atoms. The SMILES string of the molecule is CN(Cc1ccccc1)C(=O)[C@H](Cc1ccccc1)N1CCNC(Cc2ccccc2)C1=O. The van der Waals surface area contributed by atoms with Gasteiger partial charge in [-0.3, -0.25) is 9.59 Å². The Morgan fingerprint density at radius 3 is 2.06 bits per heavy atom. The maximum absolute atomic E-state index is 13.7. The van der Waals surface area contributed by atoms with Crippen molar-refractivity contribution in [2.45, 2.75) is 31.5 Å². The third kappa shape index (κ3) is 5.88. The van der Waals surface area contributed by atoms with Crippen LogP contribution in [0.25, 0.3) is 0 Å². The molecule has 1 fully saturated rings. The minimum atomic E-state index is -0.533. The van der Waals surface area contributed by atoms with Crippen molar-refractivity contribution >= 4 is 11.8 Å². The van der Waals surface area contributed by atoms with Gasteiger partial charge in [0, 0.05) is 33.1 Å². The van der Waals surface area contributed by atoms with Crippen molar-refractivity contribution in [3.05, 3.63) is 108 Å². The molecule has 33 heavy (non-hydrogen) atoms. The zero-order valence-electron chi connectivity index (χ0n) is 19.1. The van der Waals surface area contributed by atoms with E-state index in [1.807, 2.05) is 98.0 Å². The predicted molar refractivity (Wildman–Crippen MR) is 130 cm³/mol. The molecule has 1 N–H and O–H groups in total. The Morgan fingerprint density at radius 2 is 1.45 bits per heavy atom. The summed E-state index contributed by atoms with van der Waals surface area (Å²) >= 11 is 0. The highest BCUT2D eigenvalue weighted by Crippen LogP contribution is 2.18. The molecule has 1 unspecified atom stereocenters. The zero-order valence-corrected chi connectivity index (χ0v) is 19.1. The molecular formula is C28H31N3O2. The van der Waals surface area contributed by atoms with Gasteiger partial charge in [-0.1, -0.05) is 91.0 Å². The van der Waals surface area contributed by atoms with Gasteiger partial charge in [0.25, 0.3) is 0 Å². The fourth-order valence-electron chi connectivity index (χ4n) is 4.43. The largest absolute Gasteiger partial charge is 0.340 e. The van der Waals surface area contributed by atoms with Crippen LogP contribution in [0.5, 0.6) is 0 Å². The Morgan fingerprint density at radius 1 is 0.909 bits per heavy atom. The lowest BCUT2D eigenvalue weighted by Crippen LogP contribution is -2.62. The predicted octanol–water partition coefficient (Wildman–Crippen LogP) is 3.30. The molecule has 0 radical (unpaired) electrons. The summed E-state index contributed by atoms with van der Waals surface area (Å²) in [5, 5.41) is 3.36. The molecule has 0 saturated carbocycles. The molecule has 0 bridgehead atoms. The van der Waals surface area contributed by atoms with E-state index in [0.29, 0.717) is 32.5 Å². The van der Waals surface area contributed by atoms with Crippen molar-refractivity contribution in [3.8, 4) is 0 Å². The molecule has 170 valence electrons. The van der Waals surface area contributed by atoms with E-state index in [4.69, 9.17) is 0 Å². The van der Waals surface area contributed by atoms with Crippen LogP contribution in [0.4, 0.5) is 0 Å². The van der Waals surface area contributed by atoms with Crippen LogP contribution in [0.3, 0.4) is 0 Å². The summed E-state index contributed by atoms with van der Waals surface area (Å²) < 4.78 is 0. The van der Waals surface area contributed by atoms with E-state index in [1.54, 1.807) is 9.80 Å². The van der Waals surface area contributed by atoms with E-state index in [1.165, 1.54) is 0 Å². The van der Waals surface area contributed by atoms with Crippen LogP contribution in [0, 0.1) is 0 Å². The second-order valence-electron chi connectivity index (χ2n) is 8.61. The number of likely N-dealkylation sites (N-methyl/N-ethyl adjacent to an activating group) is 1. The fraction of sp³-hybridized carbons (Fsp3) is 0.286. The normalized spacial score (nSPS) is 16.9. The molecule has 3 aromatic carbocycles. The average molecular weight is 442 g/mol. The highest BCUT2D eigenvalue weighted by molar-refractivity contribution is 5.90. The molecule has 1 saturated heterocycles. The van der Waals surface area contributed by atoms with Crippen LogP contribution in [-0.2, 0) is 29.0 Å². The number of benzene rings is 3. The Labute approximate surface area is 196 Å². The highest BCUT2D eigenvalue weighted by Gasteiger charge is 2.37. The minimum absolute atomic E-state index is 0.00695. The van der Waals surface area contributed by atoms with Crippen molar-refractivity contribution in [1.82, 2.24) is 15.1 Å². The summed E-state index contributed by atoms with van der Waals surface area (Å²) in [6.07, 6.45) is 1.12. The standard InChI is InChI=1S/C28H31N3O2/c1-30(21-24-15-9-4-10-16-24)28(33)26(20-23-13-7-3-8-14-23)31-18-17-29-25(27(31)32)19-22-11-5-2-6-12-22/h2-16,25-26,29H,17-21H2,1H3/t25?,26-/m0/s1. The first-order valence-corrected chi connectivity index (χ1v) is 11.5. The van der Waals surface area contributed by atoms with Crippen LogP contribution in [0.1, 0.15) is 16.7 Å². The Balaban J connectivity index is 1.55. The van der Waals surface area contributed by atoms with Crippen molar-refractivity contribution in [1.29, 1.82) is 0 Å². The van der Waals surface area contributed by atoms with E-state index in [-0.39, 0.29) is 17.9 Å². The summed E-state index contributed by atoms with van der Waals surface area (Å²) in [6.45, 7) is 1.70. The van der Waals surface area contributed by atoms with Gasteiger partial charge < -0.3 is 15.1 Å². The van der Waals surface area contributed by atoms with Gasteiger partial charge in [-0.05, 0) is 23.1 Å². The molecule has 1 heterocycles. The number of nitrogens with zero attached hydrogens (tertiary/aromatic N) is 2. The second-order valence-corrected chi connectivity index (χ2v) is 8.61. The first kappa shape index (κ1) is 22.7. The van der Waals surface area contributed by atoms with E-state index < -0.39 is 6.04 Å². The number of rotatable bonds is 8. The van der Waals surface area contributed by atoms with Crippen LogP contribution < -0.4 is 5.32 Å². The van der Waals surface area contributed by atoms with E-state index in [2.05, 4.69) is 5.32 Å². The van der Waals surface area contributed by atoms with Crippen LogP contribution in [0.2, 0.25) is 0 Å². The number of hydrogen-bond donors (Lipinski definition) is 1. The van der Waals surface area contributed by atoms with Crippen molar-refractivity contribution in [3.63, 3.8) is 0 Å². The Hall–Kier alpha value is -3.44. The molecule has 5 nitrogen and oxygen atoms in total. The molecule has 0 aromatic heterocycles. The van der Waals surface area contributed by atoms with E-state index in [9.17, 15) is 9.59 Å². The van der Waals surface area contributed by atoms with Gasteiger partial charge in [0.1, 0.15) is 6.04 Å². The third-order valence-electron chi connectivity index (χ3n) is 6.18. The molecule has 1 aliphatic rings. The first-order valence-electron chi connectivity index (χ1n) is 11.5. The molecule has 5 heteroatoms. The van der Waals surface area contributed by atoms with Crippen LogP contribution in [0.15, 0.2) is 91.0 Å². The molecule has 1 aliphatic heterocycles. The van der Waals surface area contributed by atoms with E-state index in [0.717, 1.165) is 16.7 Å². The zero-order chi connectivity index (χ0) is 23.0. The fourth-order valence-corrected chi connectivity index (χ4v) is 4.43. The van der Waals surface area contributed by atoms with Gasteiger partial charge in [0.15, 0.2) is 0 Å². The lowest BCUT2D eigenvalue weighted by Gasteiger charge is -2.39. The molecule has 3 aromatic rings. The lowest BCUT2D eigenvalue weighted by molar-refractivity contribution is -0.148. The average Bonchev–Trinajstić information content (AvgIpc) is 2.85. The molecule has 4 rings (SSSR count). The number of amides is 2. The van der Waals surface area contributed by atoms with Crippen molar-refractivity contribution in [2.75, 3.05) is 20.1 Å². The maximum Gasteiger partial charge on any atom is 0.245 e. The summed E-state index contributed by atoms with van der Waals surface area (Å²) in [7, 11) is 1.82. The monoisotopic (exact) mass is 441 g/mol. The number of carbonyl (C=O) groups is 2. The molecular weight excluding hydrogens is 410 g/mol. The Kier molecular flexibility index (Phi) is 7.53. The minimum Gasteiger partial charge on any atom is -0.340 e. The van der Waals surface area contributed by atoms with Gasteiger partial charge in [-0.15, -0.1) is 0 Å². The lowest BCUT2D eigenvalue weighted by atomic mass is 9.98. The van der Waals surface area contributed by atoms with Gasteiger partial charge in [0.05, 0.1) is 6.04 Å². The van der Waals surface area contributed by atoms with Crippen LogP contribution in [-0.4, -0.2) is 53.8 Å². The van der Waals surface area contributed by atoms with Crippen molar-refractivity contribution in [2.24, 2.45) is 0 Å². The molecule has 2 atom stereocenters. The highest BCUT2D eigenvalue weighted by atomic mass is 16.2. The summed E-state index contributed by atoms with van der Waals surface area (Å²) in [5.74, 6) is -0.0380. The molecule has 0 aliphatic carbocycles. The van der Waals surface area contributed by atoms with Crippen molar-refractivity contribution < 1.29 is 9.59 Å². The number of carbonyl (C=O) groups excluding carboxylic acids is 2. The van der Waals surface area contributed by atoms with Gasteiger partial charge in [-0.25, -0.2) is 0 Å². The summed E-state index contributed by atoms with van der Waals surface area (Å²) in [5.41, 5.74) is 3.23. The molecule has 2 amide bonds. The Bertz CT molecular complexity index is 1040. The van der Waals surface area contributed by atoms with E-state index >= 15 is 0 Å². The van der Waals surface area contributed by atoms with Gasteiger partial charge >= 0.3 is 0 Å². The number of piperazine rings is 1. The number of nitrogens with one attached hydrogen (secondary N) is 1. The smallest absolute Gasteiger partial charge is 0.245 e.